The summed E-state index contributed by atoms with van der Waals surface area (Å²) in [5.74, 6) is 0.434. The average molecular weight is 303 g/mol. The summed E-state index contributed by atoms with van der Waals surface area (Å²) in [6.45, 7) is 4.66. The number of fused-ring (bicyclic) bond motifs is 1. The van der Waals surface area contributed by atoms with Crippen molar-refractivity contribution in [2.24, 2.45) is 5.92 Å². The van der Waals surface area contributed by atoms with Gasteiger partial charge in [0.05, 0.1) is 12.6 Å². The normalized spacial score (nSPS) is 12.5. The van der Waals surface area contributed by atoms with Crippen LogP contribution < -0.4 is 10.6 Å². The van der Waals surface area contributed by atoms with Crippen molar-refractivity contribution >= 4 is 16.9 Å². The molecule has 0 radical (unpaired) electrons. The molecular formula is C17H25N3O2. The lowest BCUT2D eigenvalue weighted by atomic mass is 10.0. The molecule has 5 nitrogen and oxygen atoms in total. The van der Waals surface area contributed by atoms with E-state index in [2.05, 4.69) is 41.6 Å². The van der Waals surface area contributed by atoms with Crippen LogP contribution in [0.25, 0.3) is 10.9 Å². The van der Waals surface area contributed by atoms with Gasteiger partial charge in [-0.3, -0.25) is 0 Å². The molecule has 1 aromatic heterocycles. The fraction of sp³-hybridized carbons (Fsp3) is 0.471. The number of aromatic nitrogens is 1. The summed E-state index contributed by atoms with van der Waals surface area (Å²) in [4.78, 5) is 15.1. The molecule has 0 saturated heterocycles. The number of hydrogen-bond donors (Lipinski definition) is 4. The van der Waals surface area contributed by atoms with Crippen LogP contribution in [0.1, 0.15) is 26.0 Å². The topological polar surface area (TPSA) is 77.2 Å². The second-order valence-electron chi connectivity index (χ2n) is 6.04. The molecule has 2 rings (SSSR count). The molecule has 1 atom stereocenters. The van der Waals surface area contributed by atoms with Crippen LogP contribution >= 0.6 is 0 Å². The highest BCUT2D eigenvalue weighted by Gasteiger charge is 2.12. The number of carbonyl (C=O) groups is 1. The number of aliphatic hydroxyl groups is 1. The molecule has 0 fully saturated rings. The summed E-state index contributed by atoms with van der Waals surface area (Å²) in [6.07, 6.45) is 1.52. The summed E-state index contributed by atoms with van der Waals surface area (Å²) in [5.41, 5.74) is 2.21. The van der Waals surface area contributed by atoms with Gasteiger partial charge in [0.1, 0.15) is 0 Å². The SMILES string of the molecule is CC(C)CC(CO)NC(=O)NCCc1cc2ccccc2[nH]1. The number of urea groups is 1. The van der Waals surface area contributed by atoms with Crippen LogP contribution in [0, 0.1) is 5.92 Å². The molecule has 1 aromatic carbocycles. The molecule has 0 bridgehead atoms. The predicted molar refractivity (Wildman–Crippen MR) is 88.9 cm³/mol. The fourth-order valence-electron chi connectivity index (χ4n) is 2.56. The Morgan fingerprint density at radius 1 is 1.32 bits per heavy atom. The van der Waals surface area contributed by atoms with E-state index in [9.17, 15) is 9.90 Å². The quantitative estimate of drug-likeness (QED) is 0.634. The third kappa shape index (κ3) is 4.77. The summed E-state index contributed by atoms with van der Waals surface area (Å²) in [7, 11) is 0. The van der Waals surface area contributed by atoms with Gasteiger partial charge in [0.15, 0.2) is 0 Å². The lowest BCUT2D eigenvalue weighted by Crippen LogP contribution is -2.44. The number of amides is 2. The lowest BCUT2D eigenvalue weighted by Gasteiger charge is -2.18. The smallest absolute Gasteiger partial charge is 0.315 e. The summed E-state index contributed by atoms with van der Waals surface area (Å²) >= 11 is 0. The van der Waals surface area contributed by atoms with E-state index >= 15 is 0 Å². The van der Waals surface area contributed by atoms with E-state index in [1.54, 1.807) is 0 Å². The second-order valence-corrected chi connectivity index (χ2v) is 6.04. The van der Waals surface area contributed by atoms with E-state index in [0.717, 1.165) is 24.1 Å². The van der Waals surface area contributed by atoms with E-state index in [1.807, 2.05) is 18.2 Å². The van der Waals surface area contributed by atoms with Gasteiger partial charge >= 0.3 is 6.03 Å². The van der Waals surface area contributed by atoms with Gasteiger partial charge in [-0.2, -0.15) is 0 Å². The number of rotatable bonds is 7. The van der Waals surface area contributed by atoms with Crippen molar-refractivity contribution in [2.45, 2.75) is 32.7 Å². The van der Waals surface area contributed by atoms with Crippen molar-refractivity contribution in [3.05, 3.63) is 36.0 Å². The maximum Gasteiger partial charge on any atom is 0.315 e. The van der Waals surface area contributed by atoms with Crippen LogP contribution in [0.15, 0.2) is 30.3 Å². The van der Waals surface area contributed by atoms with Gasteiger partial charge in [0, 0.05) is 24.2 Å². The molecule has 2 aromatic rings. The molecule has 1 unspecified atom stereocenters. The maximum atomic E-state index is 11.8. The highest BCUT2D eigenvalue weighted by molar-refractivity contribution is 5.80. The van der Waals surface area contributed by atoms with Crippen LogP contribution in [0.2, 0.25) is 0 Å². The molecule has 0 aliphatic heterocycles. The van der Waals surface area contributed by atoms with Crippen LogP contribution in [0.5, 0.6) is 0 Å². The van der Waals surface area contributed by atoms with Crippen LogP contribution in [-0.2, 0) is 6.42 Å². The molecule has 5 heteroatoms. The van der Waals surface area contributed by atoms with E-state index < -0.39 is 0 Å². The van der Waals surface area contributed by atoms with Gasteiger partial charge < -0.3 is 20.7 Å². The number of aliphatic hydroxyl groups excluding tert-OH is 1. The zero-order valence-corrected chi connectivity index (χ0v) is 13.2. The zero-order valence-electron chi connectivity index (χ0n) is 13.2. The molecule has 0 aliphatic rings. The minimum atomic E-state index is -0.226. The lowest BCUT2D eigenvalue weighted by molar-refractivity contribution is 0.207. The monoisotopic (exact) mass is 303 g/mol. The van der Waals surface area contributed by atoms with E-state index in [0.29, 0.717) is 12.5 Å². The summed E-state index contributed by atoms with van der Waals surface area (Å²) < 4.78 is 0. The van der Waals surface area contributed by atoms with Gasteiger partial charge in [-0.05, 0) is 29.9 Å². The first-order valence-electron chi connectivity index (χ1n) is 7.80. The average Bonchev–Trinajstić information content (AvgIpc) is 2.88. The van der Waals surface area contributed by atoms with Gasteiger partial charge in [-0.15, -0.1) is 0 Å². The van der Waals surface area contributed by atoms with E-state index in [-0.39, 0.29) is 18.7 Å². The Bertz CT molecular complexity index is 574. The Balaban J connectivity index is 1.76. The first-order chi connectivity index (χ1) is 10.6. The fourth-order valence-corrected chi connectivity index (χ4v) is 2.56. The Hall–Kier alpha value is -2.01. The second kappa shape index (κ2) is 7.84. The molecule has 0 spiro atoms. The Labute approximate surface area is 131 Å². The third-order valence-electron chi connectivity index (χ3n) is 3.58. The number of carbonyl (C=O) groups excluding carboxylic acids is 1. The van der Waals surface area contributed by atoms with Crippen molar-refractivity contribution in [1.29, 1.82) is 0 Å². The molecule has 0 saturated carbocycles. The first kappa shape index (κ1) is 16.4. The Kier molecular flexibility index (Phi) is 5.83. The number of aromatic amines is 1. The number of hydrogen-bond acceptors (Lipinski definition) is 2. The first-order valence-corrected chi connectivity index (χ1v) is 7.80. The van der Waals surface area contributed by atoms with Crippen molar-refractivity contribution in [1.82, 2.24) is 15.6 Å². The molecule has 0 aliphatic carbocycles. The predicted octanol–water partition coefficient (Wildman–Crippen LogP) is 2.42. The molecule has 22 heavy (non-hydrogen) atoms. The van der Waals surface area contributed by atoms with Gasteiger partial charge in [0.25, 0.3) is 0 Å². The number of H-pyrrole nitrogens is 1. The minimum Gasteiger partial charge on any atom is -0.394 e. The van der Waals surface area contributed by atoms with E-state index in [4.69, 9.17) is 0 Å². The number of benzene rings is 1. The standard InChI is InChI=1S/C17H25N3O2/c1-12(2)9-15(11-21)20-17(22)18-8-7-14-10-13-5-3-4-6-16(13)19-14/h3-6,10,12,15,19,21H,7-9,11H2,1-2H3,(H2,18,20,22). The number of para-hydroxylation sites is 1. The van der Waals surface area contributed by atoms with Crippen molar-refractivity contribution in [3.63, 3.8) is 0 Å². The van der Waals surface area contributed by atoms with Crippen molar-refractivity contribution in [3.8, 4) is 0 Å². The van der Waals surface area contributed by atoms with Crippen molar-refractivity contribution in [2.75, 3.05) is 13.2 Å². The Morgan fingerprint density at radius 2 is 2.09 bits per heavy atom. The zero-order chi connectivity index (χ0) is 15.9. The molecule has 4 N–H and O–H groups in total. The van der Waals surface area contributed by atoms with Gasteiger partial charge in [-0.25, -0.2) is 4.79 Å². The molecule has 2 amide bonds. The van der Waals surface area contributed by atoms with Gasteiger partial charge in [0.2, 0.25) is 0 Å². The number of nitrogens with one attached hydrogen (secondary N) is 3. The highest BCUT2D eigenvalue weighted by atomic mass is 16.3. The maximum absolute atomic E-state index is 11.8. The molecular weight excluding hydrogens is 278 g/mol. The molecule has 1 heterocycles. The minimum absolute atomic E-state index is 0.0341. The van der Waals surface area contributed by atoms with Crippen LogP contribution in [-0.4, -0.2) is 35.3 Å². The third-order valence-corrected chi connectivity index (χ3v) is 3.58. The van der Waals surface area contributed by atoms with E-state index in [1.165, 1.54) is 5.39 Å². The Morgan fingerprint density at radius 3 is 2.77 bits per heavy atom. The van der Waals surface area contributed by atoms with Crippen molar-refractivity contribution < 1.29 is 9.90 Å². The summed E-state index contributed by atoms with van der Waals surface area (Å²) in [6, 6.07) is 9.80. The highest BCUT2D eigenvalue weighted by Crippen LogP contribution is 2.14. The van der Waals surface area contributed by atoms with Crippen LogP contribution in [0.3, 0.4) is 0 Å². The largest absolute Gasteiger partial charge is 0.394 e. The van der Waals surface area contributed by atoms with Crippen LogP contribution in [0.4, 0.5) is 4.79 Å². The van der Waals surface area contributed by atoms with Gasteiger partial charge in [-0.1, -0.05) is 32.0 Å². The summed E-state index contributed by atoms with van der Waals surface area (Å²) in [5, 5.41) is 16.1. The molecule has 120 valence electrons.